The molecule has 3 aromatic carbocycles. The molecule has 0 fully saturated rings. The summed E-state index contributed by atoms with van der Waals surface area (Å²) in [5.41, 5.74) is 3.51. The Morgan fingerprint density at radius 3 is 2.26 bits per heavy atom. The molecule has 6 nitrogen and oxygen atoms in total. The van der Waals surface area contributed by atoms with Crippen molar-refractivity contribution in [1.82, 2.24) is 15.1 Å². The molecule has 4 rings (SSSR count). The monoisotopic (exact) mass is 410 g/mol. The van der Waals surface area contributed by atoms with E-state index in [2.05, 4.69) is 15.7 Å². The summed E-state index contributed by atoms with van der Waals surface area (Å²) >= 11 is 0. The minimum Gasteiger partial charge on any atom is -0.348 e. The average Bonchev–Trinajstić information content (AvgIpc) is 3.32. The van der Waals surface area contributed by atoms with Crippen LogP contribution in [0.2, 0.25) is 0 Å². The standard InChI is InChI=1S/C25H22N4O2/c30-24(19-9-2-1-3-10-19)28-23-14-7-6-13-22(23)25(31)26-17-20-11-4-5-12-21(20)18-29-16-8-15-27-29/h1-16H,17-18H2,(H,26,31)(H,28,30). The van der Waals surface area contributed by atoms with E-state index in [1.807, 2.05) is 47.3 Å². The van der Waals surface area contributed by atoms with Crippen LogP contribution >= 0.6 is 0 Å². The fourth-order valence-corrected chi connectivity index (χ4v) is 3.30. The van der Waals surface area contributed by atoms with Crippen LogP contribution in [0.3, 0.4) is 0 Å². The average molecular weight is 410 g/mol. The Morgan fingerprint density at radius 1 is 0.774 bits per heavy atom. The van der Waals surface area contributed by atoms with Gasteiger partial charge in [-0.25, -0.2) is 0 Å². The Labute approximate surface area is 180 Å². The quantitative estimate of drug-likeness (QED) is 0.481. The molecule has 2 N–H and O–H groups in total. The summed E-state index contributed by atoms with van der Waals surface area (Å²) < 4.78 is 1.84. The maximum absolute atomic E-state index is 12.9. The summed E-state index contributed by atoms with van der Waals surface area (Å²) in [6.07, 6.45) is 3.64. The van der Waals surface area contributed by atoms with Gasteiger partial charge in [0.05, 0.1) is 17.8 Å². The summed E-state index contributed by atoms with van der Waals surface area (Å²) in [5, 5.41) is 10.1. The fourth-order valence-electron chi connectivity index (χ4n) is 3.30. The second-order valence-electron chi connectivity index (χ2n) is 7.02. The number of benzene rings is 3. The van der Waals surface area contributed by atoms with Crippen molar-refractivity contribution in [3.05, 3.63) is 120 Å². The van der Waals surface area contributed by atoms with Crippen molar-refractivity contribution < 1.29 is 9.59 Å². The van der Waals surface area contributed by atoms with E-state index in [4.69, 9.17) is 0 Å². The smallest absolute Gasteiger partial charge is 0.255 e. The number of nitrogens with zero attached hydrogens (tertiary/aromatic N) is 2. The van der Waals surface area contributed by atoms with Crippen molar-refractivity contribution in [3.63, 3.8) is 0 Å². The molecule has 154 valence electrons. The predicted octanol–water partition coefficient (Wildman–Crippen LogP) is 4.11. The Bertz CT molecular complexity index is 1170. The number of rotatable bonds is 7. The Morgan fingerprint density at radius 2 is 1.48 bits per heavy atom. The number of hydrogen-bond donors (Lipinski definition) is 2. The molecule has 31 heavy (non-hydrogen) atoms. The van der Waals surface area contributed by atoms with E-state index < -0.39 is 0 Å². The van der Waals surface area contributed by atoms with Crippen LogP contribution in [-0.4, -0.2) is 21.6 Å². The van der Waals surface area contributed by atoms with Gasteiger partial charge in [0.25, 0.3) is 11.8 Å². The van der Waals surface area contributed by atoms with E-state index in [0.29, 0.717) is 29.9 Å². The lowest BCUT2D eigenvalue weighted by Crippen LogP contribution is -2.25. The van der Waals surface area contributed by atoms with Crippen molar-refractivity contribution in [2.24, 2.45) is 0 Å². The molecule has 0 aliphatic carbocycles. The number of carbonyl (C=O) groups is 2. The first-order valence-electron chi connectivity index (χ1n) is 9.98. The number of anilines is 1. The highest BCUT2D eigenvalue weighted by Gasteiger charge is 2.14. The lowest BCUT2D eigenvalue weighted by molar-refractivity contribution is 0.0951. The van der Waals surface area contributed by atoms with Gasteiger partial charge in [-0.2, -0.15) is 5.10 Å². The molecule has 0 spiro atoms. The molecule has 0 bridgehead atoms. The highest BCUT2D eigenvalue weighted by molar-refractivity contribution is 6.08. The van der Waals surface area contributed by atoms with Crippen molar-refractivity contribution in [2.75, 3.05) is 5.32 Å². The SMILES string of the molecule is O=C(Nc1ccccc1C(=O)NCc1ccccc1Cn1cccn1)c1ccccc1. The van der Waals surface area contributed by atoms with Crippen LogP contribution in [0.15, 0.2) is 97.3 Å². The zero-order valence-corrected chi connectivity index (χ0v) is 16.9. The number of nitrogens with one attached hydrogen (secondary N) is 2. The van der Waals surface area contributed by atoms with Crippen molar-refractivity contribution in [2.45, 2.75) is 13.1 Å². The molecule has 1 aromatic heterocycles. The maximum Gasteiger partial charge on any atom is 0.255 e. The third-order valence-electron chi connectivity index (χ3n) is 4.91. The van der Waals surface area contributed by atoms with Crippen LogP contribution in [0.4, 0.5) is 5.69 Å². The van der Waals surface area contributed by atoms with Crippen LogP contribution in [0.25, 0.3) is 0 Å². The molecule has 0 saturated heterocycles. The summed E-state index contributed by atoms with van der Waals surface area (Å²) in [4.78, 5) is 25.4. The van der Waals surface area contributed by atoms with E-state index in [1.54, 1.807) is 54.7 Å². The third kappa shape index (κ3) is 5.05. The molecule has 6 heteroatoms. The van der Waals surface area contributed by atoms with Crippen LogP contribution in [0.5, 0.6) is 0 Å². The normalized spacial score (nSPS) is 10.5. The lowest BCUT2D eigenvalue weighted by atomic mass is 10.1. The number of para-hydroxylation sites is 1. The Balaban J connectivity index is 1.46. The largest absolute Gasteiger partial charge is 0.348 e. The first-order chi connectivity index (χ1) is 15.2. The number of carbonyl (C=O) groups excluding carboxylic acids is 2. The van der Waals surface area contributed by atoms with Gasteiger partial charge >= 0.3 is 0 Å². The molecule has 2 amide bonds. The van der Waals surface area contributed by atoms with Crippen LogP contribution in [-0.2, 0) is 13.1 Å². The minimum atomic E-state index is -0.259. The van der Waals surface area contributed by atoms with Gasteiger partial charge in [-0.3, -0.25) is 14.3 Å². The topological polar surface area (TPSA) is 76.0 Å². The molecule has 0 aliphatic heterocycles. The van der Waals surface area contributed by atoms with Gasteiger partial charge in [-0.05, 0) is 41.5 Å². The summed E-state index contributed by atoms with van der Waals surface area (Å²) in [5.74, 6) is -0.511. The van der Waals surface area contributed by atoms with Gasteiger partial charge in [0, 0.05) is 24.5 Å². The van der Waals surface area contributed by atoms with E-state index >= 15 is 0 Å². The first kappa shape index (κ1) is 20.1. The van der Waals surface area contributed by atoms with Crippen molar-refractivity contribution in [3.8, 4) is 0 Å². The summed E-state index contributed by atoms with van der Waals surface area (Å²) in [6, 6.07) is 25.7. The number of aromatic nitrogens is 2. The predicted molar refractivity (Wildman–Crippen MR) is 120 cm³/mol. The van der Waals surface area contributed by atoms with Crippen molar-refractivity contribution >= 4 is 17.5 Å². The molecule has 0 atom stereocenters. The zero-order valence-electron chi connectivity index (χ0n) is 16.9. The van der Waals surface area contributed by atoms with Crippen LogP contribution in [0.1, 0.15) is 31.8 Å². The van der Waals surface area contributed by atoms with Crippen LogP contribution in [0, 0.1) is 0 Å². The maximum atomic E-state index is 12.9. The Kier molecular flexibility index (Phi) is 6.18. The second kappa shape index (κ2) is 9.54. The molecule has 0 radical (unpaired) electrons. The number of hydrogen-bond acceptors (Lipinski definition) is 3. The molecule has 1 heterocycles. The van der Waals surface area contributed by atoms with Crippen molar-refractivity contribution in [1.29, 1.82) is 0 Å². The zero-order chi connectivity index (χ0) is 21.5. The highest BCUT2D eigenvalue weighted by Crippen LogP contribution is 2.17. The molecule has 4 aromatic rings. The minimum absolute atomic E-state index is 0.252. The second-order valence-corrected chi connectivity index (χ2v) is 7.02. The van der Waals surface area contributed by atoms with Gasteiger partial charge < -0.3 is 10.6 Å². The molecule has 0 aliphatic rings. The lowest BCUT2D eigenvalue weighted by Gasteiger charge is -2.13. The van der Waals surface area contributed by atoms with E-state index in [9.17, 15) is 9.59 Å². The van der Waals surface area contributed by atoms with Gasteiger partial charge in [-0.15, -0.1) is 0 Å². The number of amides is 2. The van der Waals surface area contributed by atoms with Gasteiger partial charge in [0.15, 0.2) is 0 Å². The van der Waals surface area contributed by atoms with Gasteiger partial charge in [0.1, 0.15) is 0 Å². The molecule has 0 saturated carbocycles. The summed E-state index contributed by atoms with van der Waals surface area (Å²) in [7, 11) is 0. The van der Waals surface area contributed by atoms with E-state index in [1.165, 1.54) is 0 Å². The van der Waals surface area contributed by atoms with Gasteiger partial charge in [0.2, 0.25) is 0 Å². The molecular formula is C25H22N4O2. The molecule has 0 unspecified atom stereocenters. The molecular weight excluding hydrogens is 388 g/mol. The summed E-state index contributed by atoms with van der Waals surface area (Å²) in [6.45, 7) is 1.00. The van der Waals surface area contributed by atoms with Crippen LogP contribution < -0.4 is 10.6 Å². The Hall–Kier alpha value is -4.19. The first-order valence-corrected chi connectivity index (χ1v) is 9.98. The third-order valence-corrected chi connectivity index (χ3v) is 4.91. The van der Waals surface area contributed by atoms with E-state index in [-0.39, 0.29) is 11.8 Å². The van der Waals surface area contributed by atoms with E-state index in [0.717, 1.165) is 11.1 Å². The highest BCUT2D eigenvalue weighted by atomic mass is 16.2. The fraction of sp³-hybridized carbons (Fsp3) is 0.0800. The van der Waals surface area contributed by atoms with Gasteiger partial charge in [-0.1, -0.05) is 54.6 Å².